The highest BCUT2D eigenvalue weighted by Gasteiger charge is 2.34. The fourth-order valence-electron chi connectivity index (χ4n) is 3.36. The van der Waals surface area contributed by atoms with Gasteiger partial charge in [0.1, 0.15) is 11.5 Å². The summed E-state index contributed by atoms with van der Waals surface area (Å²) in [5.41, 5.74) is 1.11. The molecule has 1 saturated carbocycles. The highest BCUT2D eigenvalue weighted by atomic mass is 19.1. The van der Waals surface area contributed by atoms with E-state index in [1.807, 2.05) is 4.90 Å². The van der Waals surface area contributed by atoms with Gasteiger partial charge in [0.15, 0.2) is 0 Å². The lowest BCUT2D eigenvalue weighted by Gasteiger charge is -2.40. The number of aromatic amines is 1. The van der Waals surface area contributed by atoms with E-state index in [2.05, 4.69) is 4.98 Å². The number of ether oxygens (including phenoxy) is 1. The van der Waals surface area contributed by atoms with Gasteiger partial charge in [-0.05, 0) is 37.0 Å². The Morgan fingerprint density at radius 2 is 2.23 bits per heavy atom. The van der Waals surface area contributed by atoms with Crippen molar-refractivity contribution in [3.8, 4) is 0 Å². The Hall–Kier alpha value is -1.88. The van der Waals surface area contributed by atoms with E-state index in [1.165, 1.54) is 25.3 Å². The molecule has 116 valence electrons. The van der Waals surface area contributed by atoms with E-state index in [4.69, 9.17) is 4.74 Å². The standard InChI is InChI=1S/C17H19FN2O2/c18-13-5-2-6-14-12(13)9-15(19-14)17(21)20-7-8-22-16(10-20)11-3-1-4-11/h2,5-6,9,11,16,19H,1,3-4,7-8,10H2. The molecule has 1 saturated heterocycles. The summed E-state index contributed by atoms with van der Waals surface area (Å²) in [6, 6.07) is 6.45. The number of hydrogen-bond donors (Lipinski definition) is 1. The molecule has 2 aliphatic rings. The quantitative estimate of drug-likeness (QED) is 0.927. The summed E-state index contributed by atoms with van der Waals surface area (Å²) in [5.74, 6) is 0.223. The van der Waals surface area contributed by atoms with Crippen molar-refractivity contribution in [3.05, 3.63) is 35.8 Å². The summed E-state index contributed by atoms with van der Waals surface area (Å²) in [6.45, 7) is 1.82. The van der Waals surface area contributed by atoms with Gasteiger partial charge >= 0.3 is 0 Å². The monoisotopic (exact) mass is 302 g/mol. The number of rotatable bonds is 2. The highest BCUT2D eigenvalue weighted by Crippen LogP contribution is 2.33. The molecule has 1 N–H and O–H groups in total. The second-order valence-corrected chi connectivity index (χ2v) is 6.24. The average Bonchev–Trinajstić information content (AvgIpc) is 2.90. The third-order valence-electron chi connectivity index (χ3n) is 4.90. The number of aromatic nitrogens is 1. The molecule has 0 bridgehead atoms. The maximum Gasteiger partial charge on any atom is 0.270 e. The second kappa shape index (κ2) is 5.39. The second-order valence-electron chi connectivity index (χ2n) is 6.24. The van der Waals surface area contributed by atoms with E-state index in [-0.39, 0.29) is 17.8 Å². The number of nitrogens with one attached hydrogen (secondary N) is 1. The lowest BCUT2D eigenvalue weighted by atomic mass is 9.80. The molecule has 0 spiro atoms. The van der Waals surface area contributed by atoms with E-state index >= 15 is 0 Å². The molecular formula is C17H19FN2O2. The van der Waals surface area contributed by atoms with Crippen molar-refractivity contribution in [2.24, 2.45) is 5.92 Å². The van der Waals surface area contributed by atoms with Crippen LogP contribution in [0, 0.1) is 11.7 Å². The van der Waals surface area contributed by atoms with Crippen molar-refractivity contribution >= 4 is 16.8 Å². The highest BCUT2D eigenvalue weighted by molar-refractivity contribution is 5.98. The smallest absolute Gasteiger partial charge is 0.270 e. The lowest BCUT2D eigenvalue weighted by molar-refractivity contribution is -0.0660. The van der Waals surface area contributed by atoms with Crippen molar-refractivity contribution in [3.63, 3.8) is 0 Å². The van der Waals surface area contributed by atoms with Gasteiger partial charge in [-0.3, -0.25) is 4.79 Å². The Morgan fingerprint density at radius 3 is 2.95 bits per heavy atom. The van der Waals surface area contributed by atoms with Crippen LogP contribution < -0.4 is 0 Å². The largest absolute Gasteiger partial charge is 0.374 e. The predicted molar refractivity (Wildman–Crippen MR) is 81.2 cm³/mol. The summed E-state index contributed by atoms with van der Waals surface area (Å²) in [5, 5.41) is 0.467. The minimum absolute atomic E-state index is 0.0665. The van der Waals surface area contributed by atoms with Crippen LogP contribution >= 0.6 is 0 Å². The average molecular weight is 302 g/mol. The molecule has 1 unspecified atom stereocenters. The number of fused-ring (bicyclic) bond motifs is 1. The van der Waals surface area contributed by atoms with E-state index in [1.54, 1.807) is 18.2 Å². The van der Waals surface area contributed by atoms with Crippen LogP contribution in [0.4, 0.5) is 4.39 Å². The number of H-pyrrole nitrogens is 1. The van der Waals surface area contributed by atoms with Gasteiger partial charge in [-0.1, -0.05) is 12.5 Å². The van der Waals surface area contributed by atoms with Gasteiger partial charge in [-0.2, -0.15) is 0 Å². The van der Waals surface area contributed by atoms with Crippen molar-refractivity contribution in [2.75, 3.05) is 19.7 Å². The summed E-state index contributed by atoms with van der Waals surface area (Å²) >= 11 is 0. The first-order valence-electron chi connectivity index (χ1n) is 7.90. The van der Waals surface area contributed by atoms with Gasteiger partial charge in [0, 0.05) is 24.0 Å². The van der Waals surface area contributed by atoms with Crippen LogP contribution in [0.25, 0.3) is 10.9 Å². The lowest BCUT2D eigenvalue weighted by Crippen LogP contribution is -2.49. The number of carbonyl (C=O) groups excluding carboxylic acids is 1. The molecule has 0 radical (unpaired) electrons. The van der Waals surface area contributed by atoms with Gasteiger partial charge < -0.3 is 14.6 Å². The molecule has 2 aromatic rings. The maximum absolute atomic E-state index is 13.8. The first kappa shape index (κ1) is 13.8. The number of nitrogens with zero attached hydrogens (tertiary/aromatic N) is 1. The molecule has 1 aromatic carbocycles. The van der Waals surface area contributed by atoms with E-state index in [0.717, 1.165) is 0 Å². The molecule has 1 aromatic heterocycles. The summed E-state index contributed by atoms with van der Waals surface area (Å²) in [6.07, 6.45) is 3.82. The fraction of sp³-hybridized carbons (Fsp3) is 0.471. The van der Waals surface area contributed by atoms with Crippen LogP contribution in [0.1, 0.15) is 29.8 Å². The number of halogens is 1. The minimum Gasteiger partial charge on any atom is -0.374 e. The molecule has 1 aliphatic heterocycles. The van der Waals surface area contributed by atoms with Crippen LogP contribution in [-0.4, -0.2) is 41.6 Å². The van der Waals surface area contributed by atoms with Crippen molar-refractivity contribution in [1.82, 2.24) is 9.88 Å². The molecule has 22 heavy (non-hydrogen) atoms. The van der Waals surface area contributed by atoms with Crippen LogP contribution in [0.5, 0.6) is 0 Å². The van der Waals surface area contributed by atoms with E-state index < -0.39 is 0 Å². The Bertz CT molecular complexity index is 708. The third kappa shape index (κ3) is 2.29. The van der Waals surface area contributed by atoms with Gasteiger partial charge in [0.2, 0.25) is 0 Å². The molecule has 4 nitrogen and oxygen atoms in total. The van der Waals surface area contributed by atoms with Crippen molar-refractivity contribution < 1.29 is 13.9 Å². The molecule has 1 atom stereocenters. The topological polar surface area (TPSA) is 45.3 Å². The molecule has 2 fully saturated rings. The molecule has 5 heteroatoms. The normalized spacial score (nSPS) is 22.8. The predicted octanol–water partition coefficient (Wildman–Crippen LogP) is 2.95. The number of morpholine rings is 1. The summed E-state index contributed by atoms with van der Waals surface area (Å²) < 4.78 is 19.6. The molecule has 4 rings (SSSR count). The van der Waals surface area contributed by atoms with E-state index in [9.17, 15) is 9.18 Å². The zero-order valence-corrected chi connectivity index (χ0v) is 12.3. The van der Waals surface area contributed by atoms with E-state index in [0.29, 0.717) is 42.2 Å². The van der Waals surface area contributed by atoms with Gasteiger partial charge in [0.25, 0.3) is 5.91 Å². The Morgan fingerprint density at radius 1 is 1.36 bits per heavy atom. The summed E-state index contributed by atoms with van der Waals surface area (Å²) in [7, 11) is 0. The van der Waals surface area contributed by atoms with Crippen LogP contribution in [-0.2, 0) is 4.74 Å². The van der Waals surface area contributed by atoms with Crippen LogP contribution in [0.15, 0.2) is 24.3 Å². The number of carbonyl (C=O) groups is 1. The first-order chi connectivity index (χ1) is 10.7. The zero-order chi connectivity index (χ0) is 15.1. The third-order valence-corrected chi connectivity index (χ3v) is 4.90. The Labute approximate surface area is 128 Å². The zero-order valence-electron chi connectivity index (χ0n) is 12.3. The van der Waals surface area contributed by atoms with Gasteiger partial charge in [-0.15, -0.1) is 0 Å². The maximum atomic E-state index is 13.8. The molecule has 2 heterocycles. The molecule has 1 amide bonds. The number of hydrogen-bond acceptors (Lipinski definition) is 2. The van der Waals surface area contributed by atoms with Crippen molar-refractivity contribution in [2.45, 2.75) is 25.4 Å². The molecule has 1 aliphatic carbocycles. The molecular weight excluding hydrogens is 283 g/mol. The number of amides is 1. The Kier molecular flexibility index (Phi) is 3.37. The van der Waals surface area contributed by atoms with Crippen molar-refractivity contribution in [1.29, 1.82) is 0 Å². The van der Waals surface area contributed by atoms with Gasteiger partial charge in [0.05, 0.1) is 12.7 Å². The fourth-order valence-corrected chi connectivity index (χ4v) is 3.36. The SMILES string of the molecule is O=C(c1cc2c(F)cccc2[nH]1)N1CCOC(C2CCC2)C1. The van der Waals surface area contributed by atoms with Crippen LogP contribution in [0.3, 0.4) is 0 Å². The van der Waals surface area contributed by atoms with Crippen LogP contribution in [0.2, 0.25) is 0 Å². The Balaban J connectivity index is 1.55. The summed E-state index contributed by atoms with van der Waals surface area (Å²) in [4.78, 5) is 17.5. The minimum atomic E-state index is -0.304. The number of benzene rings is 1. The van der Waals surface area contributed by atoms with Gasteiger partial charge in [-0.25, -0.2) is 4.39 Å². The first-order valence-corrected chi connectivity index (χ1v) is 7.90.